The number of hydroxylamine groups is 2. The summed E-state index contributed by atoms with van der Waals surface area (Å²) in [5, 5.41) is 3.99. The molecule has 0 aromatic heterocycles. The van der Waals surface area contributed by atoms with E-state index in [1.54, 1.807) is 12.1 Å². The van der Waals surface area contributed by atoms with Gasteiger partial charge in [0.2, 0.25) is 0 Å². The maximum Gasteiger partial charge on any atom is 0.411 e. The standard InChI is InChI=1S/C14H18N2O4/c1-14(8-9-16(20-3)12(14)17)10-6-4-5-7-11(10)15-13(18)19-2/h4-7H,8-9H2,1-3H3,(H,15,18). The van der Waals surface area contributed by atoms with Crippen LogP contribution in [0.3, 0.4) is 0 Å². The minimum atomic E-state index is -0.715. The van der Waals surface area contributed by atoms with Crippen LogP contribution in [-0.4, -0.2) is 37.8 Å². The Hall–Kier alpha value is -2.08. The number of amides is 2. The molecule has 2 rings (SSSR count). The van der Waals surface area contributed by atoms with Gasteiger partial charge in [-0.3, -0.25) is 14.9 Å². The topological polar surface area (TPSA) is 67.9 Å². The van der Waals surface area contributed by atoms with Gasteiger partial charge in [-0.05, 0) is 25.0 Å². The molecule has 6 heteroatoms. The number of hydrogen-bond donors (Lipinski definition) is 1. The molecular formula is C14H18N2O4. The molecule has 0 saturated carbocycles. The van der Waals surface area contributed by atoms with E-state index in [1.165, 1.54) is 19.3 Å². The Morgan fingerprint density at radius 1 is 1.35 bits per heavy atom. The third kappa shape index (κ3) is 2.34. The smallest absolute Gasteiger partial charge is 0.411 e. The maximum atomic E-state index is 12.4. The van der Waals surface area contributed by atoms with E-state index in [4.69, 9.17) is 4.84 Å². The maximum absolute atomic E-state index is 12.4. The van der Waals surface area contributed by atoms with Crippen LogP contribution in [0, 0.1) is 0 Å². The van der Waals surface area contributed by atoms with Gasteiger partial charge in [-0.1, -0.05) is 18.2 Å². The van der Waals surface area contributed by atoms with E-state index in [9.17, 15) is 9.59 Å². The van der Waals surface area contributed by atoms with Gasteiger partial charge in [0.05, 0.1) is 26.2 Å². The van der Waals surface area contributed by atoms with Crippen molar-refractivity contribution in [1.82, 2.24) is 5.06 Å². The Morgan fingerprint density at radius 2 is 2.05 bits per heavy atom. The average Bonchev–Trinajstić information content (AvgIpc) is 2.76. The van der Waals surface area contributed by atoms with Crippen molar-refractivity contribution < 1.29 is 19.2 Å². The molecule has 2 amide bonds. The summed E-state index contributed by atoms with van der Waals surface area (Å²) in [7, 11) is 2.77. The monoisotopic (exact) mass is 278 g/mol. The molecule has 1 saturated heterocycles. The first-order chi connectivity index (χ1) is 9.52. The summed E-state index contributed by atoms with van der Waals surface area (Å²) in [5.74, 6) is -0.112. The number of carbonyl (C=O) groups excluding carboxylic acids is 2. The van der Waals surface area contributed by atoms with Gasteiger partial charge < -0.3 is 4.74 Å². The third-order valence-electron chi connectivity index (χ3n) is 3.68. The lowest BCUT2D eigenvalue weighted by Crippen LogP contribution is -2.35. The summed E-state index contributed by atoms with van der Waals surface area (Å²) >= 11 is 0. The Morgan fingerprint density at radius 3 is 2.65 bits per heavy atom. The lowest BCUT2D eigenvalue weighted by Gasteiger charge is -2.25. The van der Waals surface area contributed by atoms with E-state index in [-0.39, 0.29) is 5.91 Å². The quantitative estimate of drug-likeness (QED) is 0.917. The predicted octanol–water partition coefficient (Wildman–Crippen LogP) is 1.92. The Kier molecular flexibility index (Phi) is 3.94. The van der Waals surface area contributed by atoms with Crippen molar-refractivity contribution in [1.29, 1.82) is 0 Å². The van der Waals surface area contributed by atoms with Gasteiger partial charge in [-0.15, -0.1) is 0 Å². The van der Waals surface area contributed by atoms with Crippen molar-refractivity contribution >= 4 is 17.7 Å². The fourth-order valence-electron chi connectivity index (χ4n) is 2.47. The molecule has 0 radical (unpaired) electrons. The second-order valence-corrected chi connectivity index (χ2v) is 4.83. The molecular weight excluding hydrogens is 260 g/mol. The number of nitrogens with one attached hydrogen (secondary N) is 1. The minimum Gasteiger partial charge on any atom is -0.453 e. The molecule has 108 valence electrons. The highest BCUT2D eigenvalue weighted by Crippen LogP contribution is 2.39. The van der Waals surface area contributed by atoms with Gasteiger partial charge in [-0.25, -0.2) is 9.86 Å². The zero-order valence-electron chi connectivity index (χ0n) is 11.8. The molecule has 0 spiro atoms. The molecule has 20 heavy (non-hydrogen) atoms. The van der Waals surface area contributed by atoms with Gasteiger partial charge in [0, 0.05) is 5.69 Å². The minimum absolute atomic E-state index is 0.112. The molecule has 1 unspecified atom stereocenters. The van der Waals surface area contributed by atoms with E-state index < -0.39 is 11.5 Å². The summed E-state index contributed by atoms with van der Waals surface area (Å²) < 4.78 is 4.60. The lowest BCUT2D eigenvalue weighted by molar-refractivity contribution is -0.170. The van der Waals surface area contributed by atoms with Gasteiger partial charge in [0.25, 0.3) is 5.91 Å². The van der Waals surface area contributed by atoms with Crippen LogP contribution in [0.4, 0.5) is 10.5 Å². The van der Waals surface area contributed by atoms with Gasteiger partial charge in [0.15, 0.2) is 0 Å². The highest BCUT2D eigenvalue weighted by molar-refractivity contribution is 5.93. The molecule has 1 atom stereocenters. The fraction of sp³-hybridized carbons (Fsp3) is 0.429. The number of para-hydroxylation sites is 1. The van der Waals surface area contributed by atoms with Crippen molar-refractivity contribution in [3.63, 3.8) is 0 Å². The van der Waals surface area contributed by atoms with Crippen LogP contribution in [0.2, 0.25) is 0 Å². The number of anilines is 1. The Labute approximate surface area is 117 Å². The van der Waals surface area contributed by atoms with Crippen LogP contribution in [0.5, 0.6) is 0 Å². The summed E-state index contributed by atoms with van der Waals surface area (Å²) in [4.78, 5) is 28.9. The first-order valence-electron chi connectivity index (χ1n) is 6.33. The molecule has 1 aliphatic heterocycles. The van der Waals surface area contributed by atoms with E-state index in [0.717, 1.165) is 5.56 Å². The number of benzene rings is 1. The molecule has 1 N–H and O–H groups in total. The highest BCUT2D eigenvalue weighted by atomic mass is 16.7. The molecule has 1 aromatic carbocycles. The van der Waals surface area contributed by atoms with Crippen LogP contribution in [-0.2, 0) is 19.8 Å². The lowest BCUT2D eigenvalue weighted by atomic mass is 9.80. The molecule has 0 aliphatic carbocycles. The van der Waals surface area contributed by atoms with Crippen LogP contribution in [0.1, 0.15) is 18.9 Å². The number of nitrogens with zero attached hydrogens (tertiary/aromatic N) is 1. The van der Waals surface area contributed by atoms with Crippen molar-refractivity contribution in [2.24, 2.45) is 0 Å². The number of carbonyl (C=O) groups is 2. The van der Waals surface area contributed by atoms with Crippen molar-refractivity contribution in [3.8, 4) is 0 Å². The largest absolute Gasteiger partial charge is 0.453 e. The molecule has 6 nitrogen and oxygen atoms in total. The molecule has 1 aromatic rings. The van der Waals surface area contributed by atoms with Crippen molar-refractivity contribution in [2.75, 3.05) is 26.1 Å². The first kappa shape index (κ1) is 14.3. The van der Waals surface area contributed by atoms with Crippen LogP contribution in [0.15, 0.2) is 24.3 Å². The van der Waals surface area contributed by atoms with E-state index in [2.05, 4.69) is 10.1 Å². The predicted molar refractivity (Wildman–Crippen MR) is 73.2 cm³/mol. The zero-order valence-corrected chi connectivity index (χ0v) is 11.8. The summed E-state index contributed by atoms with van der Waals surface area (Å²) in [6.07, 6.45) is 0.0644. The number of methoxy groups -OCH3 is 1. The van der Waals surface area contributed by atoms with Gasteiger partial charge in [-0.2, -0.15) is 0 Å². The van der Waals surface area contributed by atoms with E-state index >= 15 is 0 Å². The summed E-state index contributed by atoms with van der Waals surface area (Å²) in [6.45, 7) is 2.38. The summed E-state index contributed by atoms with van der Waals surface area (Å²) in [5.41, 5.74) is 0.622. The Bertz CT molecular complexity index is 532. The second-order valence-electron chi connectivity index (χ2n) is 4.83. The highest BCUT2D eigenvalue weighted by Gasteiger charge is 2.45. The van der Waals surface area contributed by atoms with Gasteiger partial charge >= 0.3 is 6.09 Å². The normalized spacial score (nSPS) is 21.9. The number of ether oxygens (including phenoxy) is 1. The second kappa shape index (κ2) is 5.50. The van der Waals surface area contributed by atoms with Crippen LogP contribution in [0.25, 0.3) is 0 Å². The van der Waals surface area contributed by atoms with Crippen molar-refractivity contribution in [2.45, 2.75) is 18.8 Å². The number of rotatable bonds is 3. The molecule has 1 aliphatic rings. The number of hydrogen-bond acceptors (Lipinski definition) is 4. The zero-order chi connectivity index (χ0) is 14.8. The van der Waals surface area contributed by atoms with Crippen molar-refractivity contribution in [3.05, 3.63) is 29.8 Å². The molecule has 0 bridgehead atoms. The van der Waals surface area contributed by atoms with Crippen LogP contribution >= 0.6 is 0 Å². The van der Waals surface area contributed by atoms with E-state index in [1.807, 2.05) is 19.1 Å². The summed E-state index contributed by atoms with van der Waals surface area (Å²) in [6, 6.07) is 7.22. The molecule has 1 heterocycles. The third-order valence-corrected chi connectivity index (χ3v) is 3.68. The first-order valence-corrected chi connectivity index (χ1v) is 6.33. The van der Waals surface area contributed by atoms with Gasteiger partial charge in [0.1, 0.15) is 0 Å². The fourth-order valence-corrected chi connectivity index (χ4v) is 2.47. The Balaban J connectivity index is 2.37. The molecule has 1 fully saturated rings. The van der Waals surface area contributed by atoms with E-state index in [0.29, 0.717) is 18.7 Å². The van der Waals surface area contributed by atoms with Crippen LogP contribution < -0.4 is 5.32 Å². The average molecular weight is 278 g/mol. The SMILES string of the molecule is COC(=O)Nc1ccccc1C1(C)CCN(OC)C1=O.